The Bertz CT molecular complexity index is 309. The topological polar surface area (TPSA) is 36.7 Å². The van der Waals surface area contributed by atoms with Crippen molar-refractivity contribution in [2.75, 3.05) is 34.7 Å². The Morgan fingerprint density at radius 2 is 1.88 bits per heavy atom. The minimum absolute atomic E-state index is 0. The second-order valence-corrected chi connectivity index (χ2v) is 4.09. The molecule has 6 heteroatoms. The number of hydrogen-bond donors (Lipinski definition) is 0. The minimum Gasteiger partial charge on any atom is -0.349 e. The van der Waals surface area contributed by atoms with Gasteiger partial charge in [0.15, 0.2) is 5.96 Å². The smallest absolute Gasteiger partial charge is 0.195 e. The molecule has 0 radical (unpaired) electrons. The molecule has 0 N–H and O–H groups in total. The van der Waals surface area contributed by atoms with Gasteiger partial charge in [-0.1, -0.05) is 0 Å². The van der Waals surface area contributed by atoms with Crippen LogP contribution in [0.15, 0.2) is 23.5 Å². The van der Waals surface area contributed by atoms with E-state index in [4.69, 9.17) is 0 Å². The highest BCUT2D eigenvalue weighted by Crippen LogP contribution is 1.93. The third-order valence-electron chi connectivity index (χ3n) is 2.16. The molecule has 0 aromatic carbocycles. The lowest BCUT2D eigenvalue weighted by atomic mass is 10.4. The highest BCUT2D eigenvalue weighted by Gasteiger charge is 2.02. The molecular weight excluding hydrogens is 329 g/mol. The molecule has 5 nitrogen and oxygen atoms in total. The number of nitrogens with zero attached hydrogens (tertiary/aromatic N) is 5. The average Bonchev–Trinajstić information content (AvgIpc) is 2.68. The number of aromatic nitrogens is 2. The summed E-state index contributed by atoms with van der Waals surface area (Å²) < 4.78 is 1.93. The molecule has 0 aliphatic heterocycles. The van der Waals surface area contributed by atoms with Crippen molar-refractivity contribution in [1.29, 1.82) is 0 Å². The first kappa shape index (κ1) is 16.2. The van der Waals surface area contributed by atoms with Crippen LogP contribution >= 0.6 is 24.0 Å². The molecule has 17 heavy (non-hydrogen) atoms. The summed E-state index contributed by atoms with van der Waals surface area (Å²) in [6, 6.07) is 1.94. The molecule has 0 aliphatic carbocycles. The Hall–Kier alpha value is -0.790. The summed E-state index contributed by atoms with van der Waals surface area (Å²) in [4.78, 5) is 8.59. The van der Waals surface area contributed by atoms with Gasteiger partial charge in [0.25, 0.3) is 0 Å². The Kier molecular flexibility index (Phi) is 7.94. The van der Waals surface area contributed by atoms with Crippen molar-refractivity contribution in [2.45, 2.75) is 13.0 Å². The fraction of sp³-hybridized carbons (Fsp3) is 0.636. The van der Waals surface area contributed by atoms with Crippen LogP contribution in [-0.2, 0) is 6.54 Å². The van der Waals surface area contributed by atoms with Crippen LogP contribution in [0, 0.1) is 0 Å². The summed E-state index contributed by atoms with van der Waals surface area (Å²) in [7, 11) is 8.03. The molecule has 0 spiro atoms. The third-order valence-corrected chi connectivity index (χ3v) is 2.16. The zero-order valence-electron chi connectivity index (χ0n) is 11.0. The summed E-state index contributed by atoms with van der Waals surface area (Å²) in [5, 5.41) is 4.15. The molecule has 0 saturated carbocycles. The molecule has 0 aliphatic rings. The molecule has 98 valence electrons. The van der Waals surface area contributed by atoms with Crippen LogP contribution in [0.25, 0.3) is 0 Å². The monoisotopic (exact) mass is 351 g/mol. The van der Waals surface area contributed by atoms with Gasteiger partial charge in [0, 0.05) is 53.7 Å². The molecule has 0 amide bonds. The quantitative estimate of drug-likeness (QED) is 0.356. The van der Waals surface area contributed by atoms with E-state index in [1.54, 1.807) is 6.20 Å². The normalized spacial score (nSPS) is 9.41. The summed E-state index contributed by atoms with van der Waals surface area (Å²) in [6.45, 7) is 1.75. The van der Waals surface area contributed by atoms with Gasteiger partial charge in [-0.3, -0.25) is 9.67 Å². The summed E-state index contributed by atoms with van der Waals surface area (Å²) in [6.07, 6.45) is 4.78. The van der Waals surface area contributed by atoms with E-state index < -0.39 is 0 Å². The summed E-state index contributed by atoms with van der Waals surface area (Å²) >= 11 is 0. The highest BCUT2D eigenvalue weighted by molar-refractivity contribution is 14.0. The van der Waals surface area contributed by atoms with Crippen LogP contribution in [-0.4, -0.2) is 60.3 Å². The van der Waals surface area contributed by atoms with E-state index in [1.165, 1.54) is 0 Å². The van der Waals surface area contributed by atoms with Crippen LogP contribution in [0.3, 0.4) is 0 Å². The van der Waals surface area contributed by atoms with Crippen LogP contribution in [0.5, 0.6) is 0 Å². The Balaban J connectivity index is 0.00000256. The van der Waals surface area contributed by atoms with E-state index in [2.05, 4.69) is 10.1 Å². The van der Waals surface area contributed by atoms with E-state index in [1.807, 2.05) is 54.9 Å². The summed E-state index contributed by atoms with van der Waals surface area (Å²) in [5.74, 6) is 1.00. The van der Waals surface area contributed by atoms with Crippen molar-refractivity contribution in [2.24, 2.45) is 4.99 Å². The summed E-state index contributed by atoms with van der Waals surface area (Å²) in [5.41, 5.74) is 0. The first-order chi connectivity index (χ1) is 7.61. The first-order valence-corrected chi connectivity index (χ1v) is 5.48. The zero-order chi connectivity index (χ0) is 12.0. The fourth-order valence-electron chi connectivity index (χ4n) is 1.53. The predicted octanol–water partition coefficient (Wildman–Crippen LogP) is 1.37. The van der Waals surface area contributed by atoms with Gasteiger partial charge in [0.2, 0.25) is 0 Å². The maximum atomic E-state index is 4.55. The zero-order valence-corrected chi connectivity index (χ0v) is 13.3. The van der Waals surface area contributed by atoms with Gasteiger partial charge in [-0.15, -0.1) is 24.0 Å². The SMILES string of the molecule is CN(C)C(=NCCCn1cccn1)N(C)C.I. The molecule has 0 saturated heterocycles. The lowest BCUT2D eigenvalue weighted by Gasteiger charge is -2.22. The minimum atomic E-state index is 0. The first-order valence-electron chi connectivity index (χ1n) is 5.48. The van der Waals surface area contributed by atoms with E-state index >= 15 is 0 Å². The predicted molar refractivity (Wildman–Crippen MR) is 81.9 cm³/mol. The van der Waals surface area contributed by atoms with Crippen molar-refractivity contribution < 1.29 is 0 Å². The van der Waals surface area contributed by atoms with E-state index in [9.17, 15) is 0 Å². The van der Waals surface area contributed by atoms with Crippen molar-refractivity contribution in [1.82, 2.24) is 19.6 Å². The molecule has 0 atom stereocenters. The van der Waals surface area contributed by atoms with Crippen LogP contribution in [0.2, 0.25) is 0 Å². The van der Waals surface area contributed by atoms with Gasteiger partial charge in [-0.2, -0.15) is 5.10 Å². The van der Waals surface area contributed by atoms with E-state index in [0.29, 0.717) is 0 Å². The number of hydrogen-bond acceptors (Lipinski definition) is 2. The van der Waals surface area contributed by atoms with E-state index in [-0.39, 0.29) is 24.0 Å². The maximum Gasteiger partial charge on any atom is 0.195 e. The number of rotatable bonds is 4. The van der Waals surface area contributed by atoms with Crippen molar-refractivity contribution >= 4 is 29.9 Å². The molecule has 0 bridgehead atoms. The van der Waals surface area contributed by atoms with Gasteiger partial charge >= 0.3 is 0 Å². The Morgan fingerprint density at radius 3 is 2.35 bits per heavy atom. The Labute approximate surface area is 121 Å². The van der Waals surface area contributed by atoms with Gasteiger partial charge in [-0.05, 0) is 12.5 Å². The lowest BCUT2D eigenvalue weighted by molar-refractivity contribution is 0.476. The molecule has 1 rings (SSSR count). The third kappa shape index (κ3) is 5.90. The van der Waals surface area contributed by atoms with Crippen molar-refractivity contribution in [3.05, 3.63) is 18.5 Å². The van der Waals surface area contributed by atoms with Gasteiger partial charge in [0.05, 0.1) is 0 Å². The van der Waals surface area contributed by atoms with Crippen molar-refractivity contribution in [3.63, 3.8) is 0 Å². The average molecular weight is 351 g/mol. The number of guanidine groups is 1. The Morgan fingerprint density at radius 1 is 1.24 bits per heavy atom. The molecule has 1 heterocycles. The van der Waals surface area contributed by atoms with Crippen LogP contribution in [0.1, 0.15) is 6.42 Å². The largest absolute Gasteiger partial charge is 0.349 e. The lowest BCUT2D eigenvalue weighted by Crippen LogP contribution is -2.35. The van der Waals surface area contributed by atoms with Crippen LogP contribution in [0.4, 0.5) is 0 Å². The van der Waals surface area contributed by atoms with Gasteiger partial charge in [-0.25, -0.2) is 0 Å². The van der Waals surface area contributed by atoms with Gasteiger partial charge < -0.3 is 9.80 Å². The maximum absolute atomic E-state index is 4.55. The molecule has 1 aromatic heterocycles. The second-order valence-electron chi connectivity index (χ2n) is 4.09. The molecule has 0 unspecified atom stereocenters. The number of aliphatic imine (C=N–C) groups is 1. The molecular formula is C11H22IN5. The fourth-order valence-corrected chi connectivity index (χ4v) is 1.53. The van der Waals surface area contributed by atoms with E-state index in [0.717, 1.165) is 25.5 Å². The van der Waals surface area contributed by atoms with Crippen molar-refractivity contribution in [3.8, 4) is 0 Å². The molecule has 0 fully saturated rings. The van der Waals surface area contributed by atoms with Crippen LogP contribution < -0.4 is 0 Å². The second kappa shape index (κ2) is 8.32. The highest BCUT2D eigenvalue weighted by atomic mass is 127. The number of aryl methyl sites for hydroxylation is 1. The number of halogens is 1. The standard InChI is InChI=1S/C11H21N5.HI/c1-14(2)11(15(3)4)12-7-5-9-16-10-6-8-13-16;/h6,8,10H,5,7,9H2,1-4H3;1H. The van der Waals surface area contributed by atoms with Gasteiger partial charge in [0.1, 0.15) is 0 Å². The molecule has 1 aromatic rings.